The SMILES string of the molecule is CN(C)c1ccc(-c2nc(C3CCC(N)CC3)nc3nc[nH]c23)cc1.NN. The third-order valence-corrected chi connectivity index (χ3v) is 5.10. The lowest BCUT2D eigenvalue weighted by molar-refractivity contribution is 0.385. The number of fused-ring (bicyclic) bond motifs is 1. The third-order valence-electron chi connectivity index (χ3n) is 5.10. The van der Waals surface area contributed by atoms with Gasteiger partial charge >= 0.3 is 0 Å². The van der Waals surface area contributed by atoms with Gasteiger partial charge in [0, 0.05) is 37.3 Å². The third kappa shape index (κ3) is 4.08. The minimum absolute atomic E-state index is 0.323. The molecule has 1 fully saturated rings. The van der Waals surface area contributed by atoms with E-state index in [1.165, 1.54) is 5.69 Å². The predicted molar refractivity (Wildman–Crippen MR) is 109 cm³/mol. The molecular weight excluding hydrogens is 340 g/mol. The molecule has 0 aliphatic heterocycles. The Bertz CT molecular complexity index is 863. The maximum Gasteiger partial charge on any atom is 0.181 e. The first-order valence-electron chi connectivity index (χ1n) is 9.19. The quantitative estimate of drug-likeness (QED) is 0.409. The van der Waals surface area contributed by atoms with Crippen molar-refractivity contribution in [2.45, 2.75) is 37.6 Å². The smallest absolute Gasteiger partial charge is 0.181 e. The molecule has 0 amide bonds. The number of nitrogens with two attached hydrogens (primary N) is 3. The molecule has 2 aromatic heterocycles. The van der Waals surface area contributed by atoms with Crippen LogP contribution in [0.1, 0.15) is 37.4 Å². The summed E-state index contributed by atoms with van der Waals surface area (Å²) in [4.78, 5) is 19.3. The summed E-state index contributed by atoms with van der Waals surface area (Å²) in [5, 5.41) is 0. The van der Waals surface area contributed by atoms with E-state index in [0.717, 1.165) is 53.9 Å². The molecule has 8 heteroatoms. The number of anilines is 1. The van der Waals surface area contributed by atoms with E-state index in [-0.39, 0.29) is 0 Å². The number of nitrogens with one attached hydrogen (secondary N) is 1. The van der Waals surface area contributed by atoms with Crippen molar-refractivity contribution in [2.24, 2.45) is 17.4 Å². The predicted octanol–water partition coefficient (Wildman–Crippen LogP) is 1.89. The molecule has 0 saturated heterocycles. The average Bonchev–Trinajstić information content (AvgIpc) is 3.18. The summed E-state index contributed by atoms with van der Waals surface area (Å²) < 4.78 is 0. The number of H-pyrrole nitrogens is 1. The molecule has 4 rings (SSSR count). The number of benzene rings is 1. The van der Waals surface area contributed by atoms with Crippen molar-refractivity contribution in [2.75, 3.05) is 19.0 Å². The topological polar surface area (TPSA) is 136 Å². The minimum Gasteiger partial charge on any atom is -0.378 e. The highest BCUT2D eigenvalue weighted by molar-refractivity contribution is 5.87. The van der Waals surface area contributed by atoms with E-state index in [1.807, 2.05) is 14.1 Å². The van der Waals surface area contributed by atoms with Crippen molar-refractivity contribution < 1.29 is 0 Å². The zero-order chi connectivity index (χ0) is 19.4. The van der Waals surface area contributed by atoms with Crippen LogP contribution in [0.2, 0.25) is 0 Å². The molecule has 7 N–H and O–H groups in total. The summed E-state index contributed by atoms with van der Waals surface area (Å²) in [5.74, 6) is 9.28. The van der Waals surface area contributed by atoms with E-state index in [9.17, 15) is 0 Å². The molecule has 3 aromatic rings. The van der Waals surface area contributed by atoms with Gasteiger partial charge in [-0.15, -0.1) is 0 Å². The fourth-order valence-electron chi connectivity index (χ4n) is 3.54. The standard InChI is InChI=1S/C19H24N6.H4N2/c1-25(2)15-9-5-12(6-10-15)16-17-19(22-11-21-17)24-18(23-16)13-3-7-14(20)8-4-13;1-2/h5-6,9-11,13-14H,3-4,7-8,20H2,1-2H3,(H,21,22,23,24);1-2H2. The van der Waals surface area contributed by atoms with E-state index in [2.05, 4.69) is 50.8 Å². The number of hydrogen-bond acceptors (Lipinski definition) is 7. The first-order chi connectivity index (χ1) is 13.1. The maximum absolute atomic E-state index is 6.05. The Morgan fingerprint density at radius 1 is 1.00 bits per heavy atom. The van der Waals surface area contributed by atoms with Gasteiger partial charge in [0.15, 0.2) is 5.65 Å². The molecule has 2 heterocycles. The first kappa shape index (κ1) is 19.2. The monoisotopic (exact) mass is 368 g/mol. The van der Waals surface area contributed by atoms with Crippen LogP contribution in [0.15, 0.2) is 30.6 Å². The van der Waals surface area contributed by atoms with Crippen LogP contribution in [0, 0.1) is 0 Å². The Kier molecular flexibility index (Phi) is 6.00. The summed E-state index contributed by atoms with van der Waals surface area (Å²) in [5.41, 5.74) is 10.9. The fourth-order valence-corrected chi connectivity index (χ4v) is 3.54. The highest BCUT2D eigenvalue weighted by Crippen LogP contribution is 2.33. The van der Waals surface area contributed by atoms with E-state index < -0.39 is 0 Å². The number of imidazole rings is 1. The van der Waals surface area contributed by atoms with Gasteiger partial charge in [0.05, 0.1) is 12.0 Å². The summed E-state index contributed by atoms with van der Waals surface area (Å²) in [6.45, 7) is 0. The normalized spacial score (nSPS) is 19.4. The van der Waals surface area contributed by atoms with Gasteiger partial charge in [-0.2, -0.15) is 0 Å². The van der Waals surface area contributed by atoms with E-state index in [1.54, 1.807) is 6.33 Å². The molecule has 0 atom stereocenters. The number of hydrazine groups is 1. The van der Waals surface area contributed by atoms with Crippen LogP contribution >= 0.6 is 0 Å². The average molecular weight is 368 g/mol. The lowest BCUT2D eigenvalue weighted by Gasteiger charge is -2.25. The lowest BCUT2D eigenvalue weighted by atomic mass is 9.86. The van der Waals surface area contributed by atoms with Gasteiger partial charge in [-0.05, 0) is 37.8 Å². The van der Waals surface area contributed by atoms with Crippen molar-refractivity contribution in [3.63, 3.8) is 0 Å². The molecule has 1 aliphatic rings. The van der Waals surface area contributed by atoms with Gasteiger partial charge in [-0.3, -0.25) is 11.7 Å². The fraction of sp³-hybridized carbons (Fsp3) is 0.421. The van der Waals surface area contributed by atoms with E-state index in [0.29, 0.717) is 12.0 Å². The Morgan fingerprint density at radius 2 is 1.67 bits per heavy atom. The van der Waals surface area contributed by atoms with Crippen LogP contribution in [0.5, 0.6) is 0 Å². The summed E-state index contributed by atoms with van der Waals surface area (Å²) in [6, 6.07) is 8.76. The first-order valence-corrected chi connectivity index (χ1v) is 9.19. The number of nitrogens with zero attached hydrogens (tertiary/aromatic N) is 4. The Labute approximate surface area is 159 Å². The van der Waals surface area contributed by atoms with Crippen LogP contribution in [-0.2, 0) is 0 Å². The molecule has 1 aliphatic carbocycles. The van der Waals surface area contributed by atoms with Crippen molar-refractivity contribution in [3.8, 4) is 11.3 Å². The van der Waals surface area contributed by atoms with Crippen LogP contribution in [0.4, 0.5) is 5.69 Å². The highest BCUT2D eigenvalue weighted by Gasteiger charge is 2.24. The van der Waals surface area contributed by atoms with Crippen LogP contribution in [0.25, 0.3) is 22.4 Å². The van der Waals surface area contributed by atoms with E-state index >= 15 is 0 Å². The van der Waals surface area contributed by atoms with Gasteiger partial charge in [-0.1, -0.05) is 12.1 Å². The highest BCUT2D eigenvalue weighted by atomic mass is 15.1. The zero-order valence-corrected chi connectivity index (χ0v) is 15.9. The van der Waals surface area contributed by atoms with Crippen molar-refractivity contribution in [3.05, 3.63) is 36.4 Å². The van der Waals surface area contributed by atoms with Gasteiger partial charge in [0.25, 0.3) is 0 Å². The van der Waals surface area contributed by atoms with Crippen LogP contribution in [0.3, 0.4) is 0 Å². The molecule has 0 radical (unpaired) electrons. The Morgan fingerprint density at radius 3 is 2.30 bits per heavy atom. The Balaban J connectivity index is 0.00000102. The number of rotatable bonds is 3. The minimum atomic E-state index is 0.323. The second kappa shape index (κ2) is 8.43. The second-order valence-electron chi connectivity index (χ2n) is 7.08. The van der Waals surface area contributed by atoms with Gasteiger partial charge < -0.3 is 15.6 Å². The number of hydrogen-bond donors (Lipinski definition) is 4. The molecule has 0 spiro atoms. The second-order valence-corrected chi connectivity index (χ2v) is 7.08. The molecular formula is C19H28N8. The maximum atomic E-state index is 6.05. The number of aromatic amines is 1. The molecule has 1 aromatic carbocycles. The van der Waals surface area contributed by atoms with Crippen LogP contribution < -0.4 is 22.3 Å². The van der Waals surface area contributed by atoms with Crippen molar-refractivity contribution in [1.82, 2.24) is 19.9 Å². The summed E-state index contributed by atoms with van der Waals surface area (Å²) in [7, 11) is 4.08. The van der Waals surface area contributed by atoms with Gasteiger partial charge in [-0.25, -0.2) is 15.0 Å². The van der Waals surface area contributed by atoms with Crippen LogP contribution in [-0.4, -0.2) is 40.1 Å². The molecule has 144 valence electrons. The summed E-state index contributed by atoms with van der Waals surface area (Å²) in [6.07, 6.45) is 5.88. The Hall–Kier alpha value is -2.55. The van der Waals surface area contributed by atoms with Crippen molar-refractivity contribution in [1.29, 1.82) is 0 Å². The largest absolute Gasteiger partial charge is 0.378 e. The molecule has 0 bridgehead atoms. The molecule has 27 heavy (non-hydrogen) atoms. The zero-order valence-electron chi connectivity index (χ0n) is 15.9. The summed E-state index contributed by atoms with van der Waals surface area (Å²) >= 11 is 0. The molecule has 0 unspecified atom stereocenters. The van der Waals surface area contributed by atoms with Crippen molar-refractivity contribution >= 4 is 16.9 Å². The van der Waals surface area contributed by atoms with E-state index in [4.69, 9.17) is 15.7 Å². The number of aromatic nitrogens is 4. The lowest BCUT2D eigenvalue weighted by Crippen LogP contribution is -2.26. The molecule has 1 saturated carbocycles. The molecule has 8 nitrogen and oxygen atoms in total. The van der Waals surface area contributed by atoms with Gasteiger partial charge in [0.1, 0.15) is 11.3 Å². The van der Waals surface area contributed by atoms with Gasteiger partial charge in [0.2, 0.25) is 0 Å².